The highest BCUT2D eigenvalue weighted by molar-refractivity contribution is 5.83. The smallest absolute Gasteiger partial charge is 0.228 e. The van der Waals surface area contributed by atoms with Crippen molar-refractivity contribution in [1.29, 1.82) is 0 Å². The fraction of sp³-hybridized carbons (Fsp3) is 0.435. The molecule has 1 amide bonds. The number of carbonyl (C=O) groups excluding carboxylic acids is 1. The zero-order valence-corrected chi connectivity index (χ0v) is 17.1. The summed E-state index contributed by atoms with van der Waals surface area (Å²) in [6.45, 7) is 9.49. The van der Waals surface area contributed by atoms with E-state index in [9.17, 15) is 4.79 Å². The van der Waals surface area contributed by atoms with E-state index in [0.717, 1.165) is 11.1 Å². The van der Waals surface area contributed by atoms with Gasteiger partial charge in [-0.3, -0.25) is 4.79 Å². The van der Waals surface area contributed by atoms with Crippen LogP contribution in [0.3, 0.4) is 0 Å². The Bertz CT molecular complexity index is 704. The van der Waals surface area contributed by atoms with Crippen molar-refractivity contribution in [1.82, 2.24) is 5.32 Å². The van der Waals surface area contributed by atoms with Crippen LogP contribution >= 0.6 is 0 Å². The van der Waals surface area contributed by atoms with Gasteiger partial charge in [-0.1, -0.05) is 58.7 Å². The predicted octanol–water partition coefficient (Wildman–Crippen LogP) is 2.73. The molecular weight excluding hydrogens is 334 g/mol. The second kappa shape index (κ2) is 9.16. The van der Waals surface area contributed by atoms with E-state index >= 15 is 0 Å². The third kappa shape index (κ3) is 5.65. The van der Waals surface area contributed by atoms with Crippen molar-refractivity contribution in [2.75, 3.05) is 19.6 Å². The first-order valence-electron chi connectivity index (χ1n) is 9.61. The fourth-order valence-electron chi connectivity index (χ4n) is 3.96. The van der Waals surface area contributed by atoms with E-state index in [-0.39, 0.29) is 12.5 Å². The minimum Gasteiger partial charge on any atom is -0.354 e. The maximum Gasteiger partial charge on any atom is 0.228 e. The van der Waals surface area contributed by atoms with Gasteiger partial charge in [-0.15, -0.1) is 0 Å². The minimum atomic E-state index is -0.699. The minimum absolute atomic E-state index is 0.0197. The molecule has 0 heterocycles. The lowest BCUT2D eigenvalue weighted by Gasteiger charge is -2.32. The summed E-state index contributed by atoms with van der Waals surface area (Å²) in [5, 5.41) is 2.98. The molecule has 4 heteroatoms. The molecule has 2 rings (SSSR count). The summed E-state index contributed by atoms with van der Waals surface area (Å²) in [7, 11) is 0. The van der Waals surface area contributed by atoms with Gasteiger partial charge in [0.2, 0.25) is 5.91 Å². The third-order valence-corrected chi connectivity index (χ3v) is 4.95. The van der Waals surface area contributed by atoms with E-state index in [0.29, 0.717) is 25.9 Å². The van der Waals surface area contributed by atoms with Crippen molar-refractivity contribution < 1.29 is 4.79 Å². The molecule has 0 saturated carbocycles. The topological polar surface area (TPSA) is 81.1 Å². The van der Waals surface area contributed by atoms with Crippen molar-refractivity contribution in [2.24, 2.45) is 16.9 Å². The number of nitrogens with two attached hydrogens (primary N) is 2. The number of rotatable bonds is 8. The molecule has 0 aliphatic rings. The Kier molecular flexibility index (Phi) is 7.17. The van der Waals surface area contributed by atoms with Crippen LogP contribution < -0.4 is 16.8 Å². The van der Waals surface area contributed by atoms with Crippen LogP contribution in [0.15, 0.2) is 36.4 Å². The molecule has 4 nitrogen and oxygen atoms in total. The molecule has 0 aliphatic heterocycles. The lowest BCUT2D eigenvalue weighted by atomic mass is 9.75. The average molecular weight is 368 g/mol. The highest BCUT2D eigenvalue weighted by Gasteiger charge is 2.37. The first-order valence-corrected chi connectivity index (χ1v) is 9.61. The van der Waals surface area contributed by atoms with E-state index in [4.69, 9.17) is 11.5 Å². The van der Waals surface area contributed by atoms with Gasteiger partial charge >= 0.3 is 0 Å². The Balaban J connectivity index is 2.43. The van der Waals surface area contributed by atoms with Crippen LogP contribution in [0.2, 0.25) is 0 Å². The van der Waals surface area contributed by atoms with Crippen molar-refractivity contribution in [3.8, 4) is 0 Å². The highest BCUT2D eigenvalue weighted by atomic mass is 16.2. The van der Waals surface area contributed by atoms with Gasteiger partial charge < -0.3 is 16.8 Å². The molecule has 0 unspecified atom stereocenters. The monoisotopic (exact) mass is 367 g/mol. The Hall–Kier alpha value is -2.17. The first-order chi connectivity index (χ1) is 12.8. The van der Waals surface area contributed by atoms with Crippen LogP contribution in [-0.4, -0.2) is 25.5 Å². The van der Waals surface area contributed by atoms with Crippen LogP contribution in [0.4, 0.5) is 0 Å². The molecule has 5 N–H and O–H groups in total. The second-order valence-electron chi connectivity index (χ2n) is 7.87. The number of aryl methyl sites for hydroxylation is 4. The second-order valence-corrected chi connectivity index (χ2v) is 7.87. The first kappa shape index (κ1) is 21.1. The summed E-state index contributed by atoms with van der Waals surface area (Å²) in [5.41, 5.74) is 18.2. The van der Waals surface area contributed by atoms with Gasteiger partial charge in [0.25, 0.3) is 0 Å². The van der Waals surface area contributed by atoms with Gasteiger partial charge in [0.1, 0.15) is 0 Å². The Morgan fingerprint density at radius 1 is 0.815 bits per heavy atom. The Morgan fingerprint density at radius 2 is 1.22 bits per heavy atom. The van der Waals surface area contributed by atoms with Crippen LogP contribution in [0.25, 0.3) is 0 Å². The Morgan fingerprint density at radius 3 is 1.56 bits per heavy atom. The quantitative estimate of drug-likeness (QED) is 0.671. The number of carbonyl (C=O) groups is 1. The lowest BCUT2D eigenvalue weighted by molar-refractivity contribution is -0.130. The van der Waals surface area contributed by atoms with Gasteiger partial charge in [0.15, 0.2) is 0 Å². The van der Waals surface area contributed by atoms with E-state index < -0.39 is 5.41 Å². The van der Waals surface area contributed by atoms with Gasteiger partial charge in [-0.2, -0.15) is 0 Å². The Labute approximate surface area is 163 Å². The van der Waals surface area contributed by atoms with Crippen LogP contribution in [0.5, 0.6) is 0 Å². The van der Waals surface area contributed by atoms with Gasteiger partial charge in [-0.05, 0) is 51.7 Å². The molecule has 27 heavy (non-hydrogen) atoms. The molecule has 0 spiro atoms. The predicted molar refractivity (Wildman–Crippen MR) is 113 cm³/mol. The molecule has 0 radical (unpaired) electrons. The van der Waals surface area contributed by atoms with Crippen molar-refractivity contribution in [2.45, 2.75) is 40.5 Å². The SMILES string of the molecule is Cc1cc(C)cc(CC(CN)(Cc2cc(C)cc(C)c2)C(=O)NCCN)c1. The van der Waals surface area contributed by atoms with Crippen LogP contribution in [0.1, 0.15) is 33.4 Å². The number of benzene rings is 2. The number of amides is 1. The van der Waals surface area contributed by atoms with E-state index in [1.165, 1.54) is 22.3 Å². The average Bonchev–Trinajstić information content (AvgIpc) is 2.57. The maximum atomic E-state index is 13.2. The summed E-state index contributed by atoms with van der Waals surface area (Å²) < 4.78 is 0. The van der Waals surface area contributed by atoms with Crippen molar-refractivity contribution >= 4 is 5.91 Å². The molecule has 2 aromatic carbocycles. The summed E-state index contributed by atoms with van der Waals surface area (Å²) in [5.74, 6) is -0.0197. The van der Waals surface area contributed by atoms with Gasteiger partial charge in [0, 0.05) is 19.6 Å². The molecule has 0 saturated heterocycles. The van der Waals surface area contributed by atoms with Crippen LogP contribution in [-0.2, 0) is 17.6 Å². The molecule has 0 fully saturated rings. The molecule has 0 aliphatic carbocycles. The fourth-order valence-corrected chi connectivity index (χ4v) is 3.96. The molecule has 0 aromatic heterocycles. The molecule has 0 bridgehead atoms. The normalized spacial score (nSPS) is 11.5. The van der Waals surface area contributed by atoms with E-state index in [2.05, 4.69) is 69.4 Å². The van der Waals surface area contributed by atoms with E-state index in [1.54, 1.807) is 0 Å². The van der Waals surface area contributed by atoms with Crippen molar-refractivity contribution in [3.05, 3.63) is 69.8 Å². The summed E-state index contributed by atoms with van der Waals surface area (Å²) in [6.07, 6.45) is 1.21. The summed E-state index contributed by atoms with van der Waals surface area (Å²) in [6, 6.07) is 12.9. The summed E-state index contributed by atoms with van der Waals surface area (Å²) >= 11 is 0. The molecular formula is C23H33N3O. The molecule has 146 valence electrons. The maximum absolute atomic E-state index is 13.2. The van der Waals surface area contributed by atoms with E-state index in [1.807, 2.05) is 0 Å². The highest BCUT2D eigenvalue weighted by Crippen LogP contribution is 2.29. The largest absolute Gasteiger partial charge is 0.354 e. The summed E-state index contributed by atoms with van der Waals surface area (Å²) in [4.78, 5) is 13.2. The van der Waals surface area contributed by atoms with Gasteiger partial charge in [0.05, 0.1) is 5.41 Å². The zero-order chi connectivity index (χ0) is 20.0. The van der Waals surface area contributed by atoms with Gasteiger partial charge in [-0.25, -0.2) is 0 Å². The number of hydrogen-bond acceptors (Lipinski definition) is 3. The standard InChI is InChI=1S/C23H33N3O/c1-16-7-17(2)10-20(9-16)13-23(15-25,22(27)26-6-5-24)14-21-11-18(3)8-19(4)12-21/h7-12H,5-6,13-15,24-25H2,1-4H3,(H,26,27). The number of nitrogens with one attached hydrogen (secondary N) is 1. The van der Waals surface area contributed by atoms with Crippen LogP contribution in [0, 0.1) is 33.1 Å². The number of hydrogen-bond donors (Lipinski definition) is 3. The zero-order valence-electron chi connectivity index (χ0n) is 17.1. The third-order valence-electron chi connectivity index (χ3n) is 4.95. The molecule has 2 aromatic rings. The molecule has 0 atom stereocenters. The van der Waals surface area contributed by atoms with Crippen molar-refractivity contribution in [3.63, 3.8) is 0 Å². The lowest BCUT2D eigenvalue weighted by Crippen LogP contribution is -2.50.